The zero-order valence-corrected chi connectivity index (χ0v) is 20.2. The first-order chi connectivity index (χ1) is 16.5. The number of rotatable bonds is 6. The van der Waals surface area contributed by atoms with Crippen LogP contribution in [-0.2, 0) is 16.1 Å². The third-order valence-corrected chi connectivity index (χ3v) is 6.45. The Hall–Kier alpha value is -3.43. The number of amides is 2. The maximum atomic E-state index is 12.4. The summed E-state index contributed by atoms with van der Waals surface area (Å²) in [5, 5.41) is 14.0. The molecule has 2 amide bonds. The van der Waals surface area contributed by atoms with E-state index in [0.29, 0.717) is 35.7 Å². The third-order valence-electron chi connectivity index (χ3n) is 5.56. The molecule has 5 rings (SSSR count). The van der Waals surface area contributed by atoms with Crippen molar-refractivity contribution in [3.8, 4) is 11.3 Å². The second kappa shape index (κ2) is 9.44. The van der Waals surface area contributed by atoms with Crippen molar-refractivity contribution in [2.24, 2.45) is 0 Å². The summed E-state index contributed by atoms with van der Waals surface area (Å²) in [6, 6.07) is 16.5. The molecule has 172 valence electrons. The van der Waals surface area contributed by atoms with Crippen LogP contribution in [0.3, 0.4) is 0 Å². The van der Waals surface area contributed by atoms with Crippen molar-refractivity contribution in [1.82, 2.24) is 19.9 Å². The molecule has 0 bridgehead atoms. The number of fused-ring (bicyclic) bond motifs is 1. The molecule has 1 fully saturated rings. The van der Waals surface area contributed by atoms with Gasteiger partial charge in [0.1, 0.15) is 11.9 Å². The van der Waals surface area contributed by atoms with E-state index in [1.54, 1.807) is 10.7 Å². The standard InChI is InChI=1S/C24H20BrClN6O2/c25-17-13-28-32-21(11-20(31-23(17)32)16-6-1-2-7-18(16)26)27-12-14-4-3-5-15(10-14)29-24(34)19-8-9-22(33)30-19/h1-7,10-11,13,19,27H,8-9,12H2,(H,29,34)(H,30,33). The summed E-state index contributed by atoms with van der Waals surface area (Å²) in [7, 11) is 0. The lowest BCUT2D eigenvalue weighted by Gasteiger charge is -2.14. The number of hydrogen-bond donors (Lipinski definition) is 3. The first kappa shape index (κ1) is 22.4. The number of hydrogen-bond acceptors (Lipinski definition) is 5. The molecule has 1 aliphatic heterocycles. The monoisotopic (exact) mass is 538 g/mol. The smallest absolute Gasteiger partial charge is 0.246 e. The van der Waals surface area contributed by atoms with Crippen LogP contribution in [0.15, 0.2) is 65.3 Å². The number of nitrogens with one attached hydrogen (secondary N) is 3. The van der Waals surface area contributed by atoms with Crippen molar-refractivity contribution < 1.29 is 9.59 Å². The molecule has 0 saturated carbocycles. The number of aromatic nitrogens is 3. The van der Waals surface area contributed by atoms with Gasteiger partial charge >= 0.3 is 0 Å². The molecule has 8 nitrogen and oxygen atoms in total. The molecular formula is C24H20BrClN6O2. The topological polar surface area (TPSA) is 100 Å². The minimum atomic E-state index is -0.485. The minimum Gasteiger partial charge on any atom is -0.366 e. The van der Waals surface area contributed by atoms with E-state index < -0.39 is 6.04 Å². The van der Waals surface area contributed by atoms with Crippen LogP contribution in [0.25, 0.3) is 16.9 Å². The van der Waals surface area contributed by atoms with Gasteiger partial charge in [-0.15, -0.1) is 0 Å². The van der Waals surface area contributed by atoms with E-state index in [4.69, 9.17) is 16.6 Å². The van der Waals surface area contributed by atoms with Gasteiger partial charge in [0.15, 0.2) is 5.65 Å². The van der Waals surface area contributed by atoms with Crippen LogP contribution < -0.4 is 16.0 Å². The molecule has 34 heavy (non-hydrogen) atoms. The Morgan fingerprint density at radius 3 is 2.85 bits per heavy atom. The zero-order chi connectivity index (χ0) is 23.7. The first-order valence-corrected chi connectivity index (χ1v) is 11.9. The number of benzene rings is 2. The highest BCUT2D eigenvalue weighted by Crippen LogP contribution is 2.30. The van der Waals surface area contributed by atoms with Gasteiger partial charge in [-0.25, -0.2) is 4.98 Å². The Bertz CT molecular complexity index is 1410. The molecule has 4 aromatic rings. The van der Waals surface area contributed by atoms with Gasteiger partial charge in [0, 0.05) is 35.3 Å². The van der Waals surface area contributed by atoms with Crippen LogP contribution in [0.5, 0.6) is 0 Å². The molecule has 1 saturated heterocycles. The highest BCUT2D eigenvalue weighted by molar-refractivity contribution is 9.10. The fourth-order valence-corrected chi connectivity index (χ4v) is 4.44. The van der Waals surface area contributed by atoms with Gasteiger partial charge in [0.25, 0.3) is 0 Å². The summed E-state index contributed by atoms with van der Waals surface area (Å²) < 4.78 is 2.49. The second-order valence-corrected chi connectivity index (χ2v) is 9.20. The number of anilines is 2. The van der Waals surface area contributed by atoms with E-state index >= 15 is 0 Å². The molecule has 1 unspecified atom stereocenters. The van der Waals surface area contributed by atoms with E-state index in [9.17, 15) is 9.59 Å². The molecule has 2 aromatic carbocycles. The highest BCUT2D eigenvalue weighted by Gasteiger charge is 2.27. The number of carbonyl (C=O) groups is 2. The predicted molar refractivity (Wildman–Crippen MR) is 135 cm³/mol. The third kappa shape index (κ3) is 4.62. The number of halogens is 2. The predicted octanol–water partition coefficient (Wildman–Crippen LogP) is 4.64. The van der Waals surface area contributed by atoms with Crippen molar-refractivity contribution in [1.29, 1.82) is 0 Å². The lowest BCUT2D eigenvalue weighted by atomic mass is 10.1. The Morgan fingerprint density at radius 1 is 1.21 bits per heavy atom. The molecular weight excluding hydrogens is 520 g/mol. The van der Waals surface area contributed by atoms with E-state index in [0.717, 1.165) is 27.1 Å². The normalized spacial score (nSPS) is 15.4. The van der Waals surface area contributed by atoms with E-state index in [1.165, 1.54) is 0 Å². The van der Waals surface area contributed by atoms with Crippen molar-refractivity contribution in [2.75, 3.05) is 10.6 Å². The van der Waals surface area contributed by atoms with Gasteiger partial charge in [-0.1, -0.05) is 41.9 Å². The molecule has 3 heterocycles. The van der Waals surface area contributed by atoms with E-state index in [-0.39, 0.29) is 11.8 Å². The molecule has 10 heteroatoms. The Labute approximate surface area is 208 Å². The molecule has 3 N–H and O–H groups in total. The molecule has 1 atom stereocenters. The van der Waals surface area contributed by atoms with Gasteiger partial charge in [0.2, 0.25) is 11.8 Å². The van der Waals surface area contributed by atoms with Crippen molar-refractivity contribution in [3.05, 3.63) is 75.9 Å². The molecule has 0 spiro atoms. The summed E-state index contributed by atoms with van der Waals surface area (Å²) in [6.45, 7) is 0.489. The summed E-state index contributed by atoms with van der Waals surface area (Å²) in [6.07, 6.45) is 2.58. The average molecular weight is 540 g/mol. The quantitative estimate of drug-likeness (QED) is 0.331. The van der Waals surface area contributed by atoms with Crippen LogP contribution in [0.1, 0.15) is 18.4 Å². The van der Waals surface area contributed by atoms with Crippen molar-refractivity contribution in [3.63, 3.8) is 0 Å². The summed E-state index contributed by atoms with van der Waals surface area (Å²) >= 11 is 9.92. The van der Waals surface area contributed by atoms with Gasteiger partial charge in [-0.3, -0.25) is 9.59 Å². The molecule has 0 aliphatic carbocycles. The molecule has 1 aliphatic rings. The number of nitrogens with zero attached hydrogens (tertiary/aromatic N) is 3. The summed E-state index contributed by atoms with van der Waals surface area (Å²) in [4.78, 5) is 28.5. The fraction of sp³-hybridized carbons (Fsp3) is 0.167. The van der Waals surface area contributed by atoms with Crippen LogP contribution in [0, 0.1) is 0 Å². The Balaban J connectivity index is 1.37. The van der Waals surface area contributed by atoms with Gasteiger partial charge < -0.3 is 16.0 Å². The first-order valence-electron chi connectivity index (χ1n) is 10.7. The van der Waals surface area contributed by atoms with Gasteiger partial charge in [-0.05, 0) is 46.1 Å². The SMILES string of the molecule is O=C1CCC(C(=O)Nc2cccc(CNc3cc(-c4ccccc4Cl)nc4c(Br)cnn34)c2)N1. The lowest BCUT2D eigenvalue weighted by Crippen LogP contribution is -2.37. The largest absolute Gasteiger partial charge is 0.366 e. The van der Waals surface area contributed by atoms with Gasteiger partial charge in [0.05, 0.1) is 16.4 Å². The van der Waals surface area contributed by atoms with E-state index in [1.807, 2.05) is 54.6 Å². The van der Waals surface area contributed by atoms with Crippen LogP contribution in [0.4, 0.5) is 11.5 Å². The zero-order valence-electron chi connectivity index (χ0n) is 17.9. The lowest BCUT2D eigenvalue weighted by molar-refractivity contribution is -0.122. The maximum Gasteiger partial charge on any atom is 0.246 e. The van der Waals surface area contributed by atoms with Gasteiger partial charge in [-0.2, -0.15) is 9.61 Å². The van der Waals surface area contributed by atoms with E-state index in [2.05, 4.69) is 37.0 Å². The number of carbonyl (C=O) groups excluding carboxylic acids is 2. The van der Waals surface area contributed by atoms with Crippen molar-refractivity contribution in [2.45, 2.75) is 25.4 Å². The Kier molecular flexibility index (Phi) is 6.21. The van der Waals surface area contributed by atoms with Crippen LogP contribution in [-0.4, -0.2) is 32.5 Å². The van der Waals surface area contributed by atoms with Crippen molar-refractivity contribution >= 4 is 56.5 Å². The maximum absolute atomic E-state index is 12.4. The summed E-state index contributed by atoms with van der Waals surface area (Å²) in [5.74, 6) is 0.439. The Morgan fingerprint density at radius 2 is 2.06 bits per heavy atom. The molecule has 2 aromatic heterocycles. The fourth-order valence-electron chi connectivity index (χ4n) is 3.86. The van der Waals surface area contributed by atoms with Crippen LogP contribution >= 0.6 is 27.5 Å². The minimum absolute atomic E-state index is 0.0943. The second-order valence-electron chi connectivity index (χ2n) is 7.94. The molecule has 0 radical (unpaired) electrons. The average Bonchev–Trinajstić information content (AvgIpc) is 3.44. The highest BCUT2D eigenvalue weighted by atomic mass is 79.9. The summed E-state index contributed by atoms with van der Waals surface area (Å²) in [5.41, 5.74) is 3.85. The van der Waals surface area contributed by atoms with Crippen LogP contribution in [0.2, 0.25) is 5.02 Å².